The van der Waals surface area contributed by atoms with E-state index in [-0.39, 0.29) is 17.8 Å². The fourth-order valence-corrected chi connectivity index (χ4v) is 4.81. The van der Waals surface area contributed by atoms with E-state index in [1.54, 1.807) is 7.11 Å². The lowest BCUT2D eigenvalue weighted by atomic mass is 9.88. The van der Waals surface area contributed by atoms with Crippen LogP contribution >= 0.6 is 0 Å². The quantitative estimate of drug-likeness (QED) is 0.331. The number of benzene rings is 4. The number of methoxy groups -OCH3 is 1. The summed E-state index contributed by atoms with van der Waals surface area (Å²) in [5, 5.41) is 5.61. The van der Waals surface area contributed by atoms with Crippen LogP contribution in [0, 0.1) is 5.82 Å². The van der Waals surface area contributed by atoms with Crippen LogP contribution in [-0.2, 0) is 18.0 Å². The highest BCUT2D eigenvalue weighted by molar-refractivity contribution is 5.89. The Hall–Kier alpha value is -3.41. The molecule has 1 N–H and O–H groups in total. The first kappa shape index (κ1) is 23.3. The minimum absolute atomic E-state index is 0.0126. The van der Waals surface area contributed by atoms with E-state index in [4.69, 9.17) is 14.2 Å². The van der Waals surface area contributed by atoms with Gasteiger partial charge in [-0.15, -0.1) is 0 Å². The van der Waals surface area contributed by atoms with Crippen molar-refractivity contribution >= 4 is 10.8 Å². The van der Waals surface area contributed by atoms with E-state index in [2.05, 4.69) is 29.6 Å². The lowest BCUT2D eigenvalue weighted by molar-refractivity contribution is 0.0106. The van der Waals surface area contributed by atoms with Gasteiger partial charge in [0.05, 0.1) is 19.8 Å². The van der Waals surface area contributed by atoms with Crippen LogP contribution in [0.2, 0.25) is 0 Å². The summed E-state index contributed by atoms with van der Waals surface area (Å²) in [6, 6.07) is 27.2. The normalized spacial score (nSPS) is 17.9. The Kier molecular flexibility index (Phi) is 7.26. The van der Waals surface area contributed by atoms with Crippen LogP contribution in [0.3, 0.4) is 0 Å². The van der Waals surface area contributed by atoms with Crippen LogP contribution in [0.5, 0.6) is 11.5 Å². The molecule has 35 heavy (non-hydrogen) atoms. The van der Waals surface area contributed by atoms with Gasteiger partial charge in [-0.25, -0.2) is 4.39 Å². The summed E-state index contributed by atoms with van der Waals surface area (Å²) in [7, 11) is 1.67. The number of piperidine rings is 1. The highest BCUT2D eigenvalue weighted by atomic mass is 19.1. The van der Waals surface area contributed by atoms with Gasteiger partial charge in [0.2, 0.25) is 0 Å². The zero-order valence-electron chi connectivity index (χ0n) is 19.9. The molecule has 4 aromatic rings. The molecule has 0 aromatic heterocycles. The van der Waals surface area contributed by atoms with Gasteiger partial charge in [0.15, 0.2) is 0 Å². The van der Waals surface area contributed by atoms with E-state index < -0.39 is 0 Å². The second kappa shape index (κ2) is 10.9. The van der Waals surface area contributed by atoms with Crippen LogP contribution in [0.1, 0.15) is 29.0 Å². The SMILES string of the molecule is COc1ccccc1COc1cc(COC2CNCCC2c2ccc(F)cc2)cc2ccccc12. The molecule has 1 aliphatic heterocycles. The summed E-state index contributed by atoms with van der Waals surface area (Å²) in [4.78, 5) is 0. The molecule has 4 nitrogen and oxygen atoms in total. The Bertz CT molecular complexity index is 1270. The molecule has 2 unspecified atom stereocenters. The Morgan fingerprint density at radius 2 is 1.69 bits per heavy atom. The molecule has 0 radical (unpaired) electrons. The van der Waals surface area contributed by atoms with Crippen LogP contribution in [0.4, 0.5) is 4.39 Å². The first-order valence-electron chi connectivity index (χ1n) is 12.1. The number of rotatable bonds is 8. The molecule has 180 valence electrons. The summed E-state index contributed by atoms with van der Waals surface area (Å²) >= 11 is 0. The van der Waals surface area contributed by atoms with Crippen molar-refractivity contribution in [2.45, 2.75) is 31.7 Å². The van der Waals surface area contributed by atoms with E-state index >= 15 is 0 Å². The summed E-state index contributed by atoms with van der Waals surface area (Å²) in [5.41, 5.74) is 3.18. The highest BCUT2D eigenvalue weighted by Gasteiger charge is 2.27. The van der Waals surface area contributed by atoms with Crippen molar-refractivity contribution in [3.8, 4) is 11.5 Å². The van der Waals surface area contributed by atoms with Crippen LogP contribution in [0.25, 0.3) is 10.8 Å². The molecule has 0 saturated carbocycles. The van der Waals surface area contributed by atoms with E-state index in [0.29, 0.717) is 13.2 Å². The first-order valence-corrected chi connectivity index (χ1v) is 12.1. The van der Waals surface area contributed by atoms with Gasteiger partial charge in [-0.05, 0) is 59.8 Å². The maximum Gasteiger partial charge on any atom is 0.127 e. The Morgan fingerprint density at radius 1 is 0.886 bits per heavy atom. The predicted molar refractivity (Wildman–Crippen MR) is 136 cm³/mol. The number of ether oxygens (including phenoxy) is 3. The van der Waals surface area contributed by atoms with Crippen molar-refractivity contribution < 1.29 is 18.6 Å². The van der Waals surface area contributed by atoms with E-state index in [9.17, 15) is 4.39 Å². The summed E-state index contributed by atoms with van der Waals surface area (Å²) in [5.74, 6) is 1.66. The maximum atomic E-state index is 13.4. The largest absolute Gasteiger partial charge is 0.496 e. The van der Waals surface area contributed by atoms with E-state index in [0.717, 1.165) is 58.5 Å². The number of nitrogens with one attached hydrogen (secondary N) is 1. The Balaban J connectivity index is 1.35. The monoisotopic (exact) mass is 471 g/mol. The molecule has 1 saturated heterocycles. The van der Waals surface area contributed by atoms with Gasteiger partial charge in [-0.3, -0.25) is 0 Å². The Labute approximate surface area is 205 Å². The molecule has 1 heterocycles. The molecule has 5 rings (SSSR count). The Morgan fingerprint density at radius 3 is 2.54 bits per heavy atom. The maximum absolute atomic E-state index is 13.4. The smallest absolute Gasteiger partial charge is 0.127 e. The molecular weight excluding hydrogens is 441 g/mol. The molecule has 5 heteroatoms. The fourth-order valence-electron chi connectivity index (χ4n) is 4.81. The second-order valence-corrected chi connectivity index (χ2v) is 8.92. The summed E-state index contributed by atoms with van der Waals surface area (Å²) in [6.45, 7) is 2.59. The number of halogens is 1. The predicted octanol–water partition coefficient (Wildman–Crippen LogP) is 6.23. The number of fused-ring (bicyclic) bond motifs is 1. The van der Waals surface area contributed by atoms with Crippen molar-refractivity contribution in [1.29, 1.82) is 0 Å². The van der Waals surface area contributed by atoms with E-state index in [1.807, 2.05) is 48.5 Å². The third-order valence-electron chi connectivity index (χ3n) is 6.65. The topological polar surface area (TPSA) is 39.7 Å². The third kappa shape index (κ3) is 5.47. The average Bonchev–Trinajstić information content (AvgIpc) is 2.91. The van der Waals surface area contributed by atoms with Crippen molar-refractivity contribution in [3.05, 3.63) is 107 Å². The lowest BCUT2D eigenvalue weighted by Gasteiger charge is -2.32. The van der Waals surface area contributed by atoms with Gasteiger partial charge >= 0.3 is 0 Å². The molecular formula is C30H30FNO3. The van der Waals surface area contributed by atoms with Crippen LogP contribution in [-0.4, -0.2) is 26.3 Å². The average molecular weight is 472 g/mol. The van der Waals surface area contributed by atoms with Crippen LogP contribution in [0.15, 0.2) is 84.9 Å². The van der Waals surface area contributed by atoms with Crippen molar-refractivity contribution in [3.63, 3.8) is 0 Å². The highest BCUT2D eigenvalue weighted by Crippen LogP contribution is 2.32. The molecule has 0 aliphatic carbocycles. The van der Waals surface area contributed by atoms with Gasteiger partial charge in [0.25, 0.3) is 0 Å². The second-order valence-electron chi connectivity index (χ2n) is 8.92. The standard InChI is InChI=1S/C30H30FNO3/c1-33-28-9-5-3-7-24(28)20-35-29-17-21(16-23-6-2-4-8-26(23)29)19-34-30-18-32-15-14-27(30)22-10-12-25(31)13-11-22/h2-13,16-17,27,30,32H,14-15,18-20H2,1H3. The van der Waals surface area contributed by atoms with E-state index in [1.165, 1.54) is 12.1 Å². The molecule has 1 aliphatic rings. The summed E-state index contributed by atoms with van der Waals surface area (Å²) in [6.07, 6.45) is 0.972. The van der Waals surface area contributed by atoms with Crippen LogP contribution < -0.4 is 14.8 Å². The lowest BCUT2D eigenvalue weighted by Crippen LogP contribution is -2.40. The van der Waals surface area contributed by atoms with Gasteiger partial charge in [0, 0.05) is 23.4 Å². The molecule has 4 aromatic carbocycles. The number of para-hydroxylation sites is 1. The summed E-state index contributed by atoms with van der Waals surface area (Å²) < 4.78 is 31.7. The fraction of sp³-hybridized carbons (Fsp3) is 0.267. The number of hydrogen-bond donors (Lipinski definition) is 1. The van der Waals surface area contributed by atoms with Crippen molar-refractivity contribution in [1.82, 2.24) is 5.32 Å². The third-order valence-corrected chi connectivity index (χ3v) is 6.65. The van der Waals surface area contributed by atoms with Crippen molar-refractivity contribution in [2.75, 3.05) is 20.2 Å². The minimum Gasteiger partial charge on any atom is -0.496 e. The molecule has 2 atom stereocenters. The minimum atomic E-state index is -0.211. The van der Waals surface area contributed by atoms with Gasteiger partial charge < -0.3 is 19.5 Å². The molecule has 0 amide bonds. The van der Waals surface area contributed by atoms with Gasteiger partial charge in [-0.1, -0.05) is 54.6 Å². The molecule has 0 spiro atoms. The molecule has 1 fully saturated rings. The number of hydrogen-bond acceptors (Lipinski definition) is 4. The van der Waals surface area contributed by atoms with Crippen molar-refractivity contribution in [2.24, 2.45) is 0 Å². The van der Waals surface area contributed by atoms with Gasteiger partial charge in [0.1, 0.15) is 23.9 Å². The van der Waals surface area contributed by atoms with Gasteiger partial charge in [-0.2, -0.15) is 0 Å². The zero-order valence-corrected chi connectivity index (χ0v) is 19.9. The zero-order chi connectivity index (χ0) is 24.0. The molecule has 0 bridgehead atoms. The first-order chi connectivity index (χ1) is 17.2.